The van der Waals surface area contributed by atoms with E-state index in [-0.39, 0.29) is 24.4 Å². The molecular formula is C12H14INO4S. The van der Waals surface area contributed by atoms with Crippen molar-refractivity contribution >= 4 is 45.8 Å². The summed E-state index contributed by atoms with van der Waals surface area (Å²) in [6.45, 7) is 1.44. The summed E-state index contributed by atoms with van der Waals surface area (Å²) in [7, 11) is 1.35. The Morgan fingerprint density at radius 1 is 1.63 bits per heavy atom. The van der Waals surface area contributed by atoms with Gasteiger partial charge in [0.1, 0.15) is 0 Å². The molecule has 2 heterocycles. The molecule has 5 nitrogen and oxygen atoms in total. The number of rotatable bonds is 3. The SMILES string of the molecule is COC(=O)CC1CN(C(=O)c2csc(I)c2)CCO1. The molecule has 19 heavy (non-hydrogen) atoms. The van der Waals surface area contributed by atoms with E-state index in [1.54, 1.807) is 16.2 Å². The number of amides is 1. The number of halogens is 1. The highest BCUT2D eigenvalue weighted by molar-refractivity contribution is 14.1. The van der Waals surface area contributed by atoms with Gasteiger partial charge >= 0.3 is 5.97 Å². The number of thiophene rings is 1. The second kappa shape index (κ2) is 6.67. The number of esters is 1. The number of ether oxygens (including phenoxy) is 2. The van der Waals surface area contributed by atoms with Crippen LogP contribution in [0.1, 0.15) is 16.8 Å². The molecular weight excluding hydrogens is 381 g/mol. The van der Waals surface area contributed by atoms with E-state index in [2.05, 4.69) is 27.3 Å². The maximum absolute atomic E-state index is 12.3. The monoisotopic (exact) mass is 395 g/mol. The fourth-order valence-electron chi connectivity index (χ4n) is 1.90. The Balaban J connectivity index is 1.97. The predicted molar refractivity (Wildman–Crippen MR) is 79.3 cm³/mol. The van der Waals surface area contributed by atoms with Crippen LogP contribution in [0.15, 0.2) is 11.4 Å². The average Bonchev–Trinajstić information content (AvgIpc) is 2.84. The van der Waals surface area contributed by atoms with E-state index in [9.17, 15) is 9.59 Å². The van der Waals surface area contributed by atoms with Gasteiger partial charge in [0.05, 0.1) is 34.7 Å². The van der Waals surface area contributed by atoms with E-state index in [0.29, 0.717) is 25.3 Å². The van der Waals surface area contributed by atoms with Crippen LogP contribution >= 0.6 is 33.9 Å². The van der Waals surface area contributed by atoms with Crippen LogP contribution in [0.25, 0.3) is 0 Å². The summed E-state index contributed by atoms with van der Waals surface area (Å²) in [5, 5.41) is 1.86. The van der Waals surface area contributed by atoms with E-state index in [1.165, 1.54) is 7.11 Å². The third kappa shape index (κ3) is 3.90. The molecule has 1 aromatic rings. The number of carbonyl (C=O) groups excluding carboxylic acids is 2. The standard InChI is InChI=1S/C12H14INO4S/c1-17-11(15)5-9-6-14(2-3-18-9)12(16)8-4-10(13)19-7-8/h4,7,9H,2-3,5-6H2,1H3. The fraction of sp³-hybridized carbons (Fsp3) is 0.500. The number of hydrogen-bond donors (Lipinski definition) is 0. The summed E-state index contributed by atoms with van der Waals surface area (Å²) in [5.41, 5.74) is 0.702. The highest BCUT2D eigenvalue weighted by Gasteiger charge is 2.27. The van der Waals surface area contributed by atoms with Crippen LogP contribution in [0, 0.1) is 2.88 Å². The number of nitrogens with zero attached hydrogens (tertiary/aromatic N) is 1. The van der Waals surface area contributed by atoms with Crippen molar-refractivity contribution in [3.05, 3.63) is 19.9 Å². The van der Waals surface area contributed by atoms with Crippen molar-refractivity contribution in [2.45, 2.75) is 12.5 Å². The maximum Gasteiger partial charge on any atom is 0.308 e. The van der Waals surface area contributed by atoms with Crippen molar-refractivity contribution in [3.63, 3.8) is 0 Å². The summed E-state index contributed by atoms with van der Waals surface area (Å²) >= 11 is 3.74. The van der Waals surface area contributed by atoms with Gasteiger partial charge < -0.3 is 14.4 Å². The lowest BCUT2D eigenvalue weighted by atomic mass is 10.2. The average molecular weight is 395 g/mol. The fourth-order valence-corrected chi connectivity index (χ4v) is 3.22. The summed E-state index contributed by atoms with van der Waals surface area (Å²) in [6, 6.07) is 1.87. The number of hydrogen-bond acceptors (Lipinski definition) is 5. The first-order chi connectivity index (χ1) is 9.10. The molecule has 1 aromatic heterocycles. The Hall–Kier alpha value is -0.670. The lowest BCUT2D eigenvalue weighted by Gasteiger charge is -2.32. The molecule has 0 aliphatic carbocycles. The Labute approximate surface area is 129 Å². The van der Waals surface area contributed by atoms with Crippen LogP contribution in [0.3, 0.4) is 0 Å². The van der Waals surface area contributed by atoms with Gasteiger partial charge in [-0.25, -0.2) is 0 Å². The normalized spacial score (nSPS) is 19.3. The minimum Gasteiger partial charge on any atom is -0.469 e. The van der Waals surface area contributed by atoms with Crippen LogP contribution in [-0.2, 0) is 14.3 Å². The molecule has 0 saturated carbocycles. The van der Waals surface area contributed by atoms with E-state index in [4.69, 9.17) is 4.74 Å². The molecule has 1 atom stereocenters. The molecule has 0 aromatic carbocycles. The third-order valence-electron chi connectivity index (χ3n) is 2.86. The Morgan fingerprint density at radius 3 is 3.05 bits per heavy atom. The van der Waals surface area contributed by atoms with E-state index in [1.807, 2.05) is 11.4 Å². The largest absolute Gasteiger partial charge is 0.469 e. The van der Waals surface area contributed by atoms with Gasteiger partial charge in [-0.15, -0.1) is 11.3 Å². The minimum absolute atomic E-state index is 0.00247. The van der Waals surface area contributed by atoms with Crippen molar-refractivity contribution in [3.8, 4) is 0 Å². The molecule has 1 saturated heterocycles. The van der Waals surface area contributed by atoms with Crippen LogP contribution in [-0.4, -0.2) is 49.7 Å². The summed E-state index contributed by atoms with van der Waals surface area (Å²) in [4.78, 5) is 25.2. The summed E-state index contributed by atoms with van der Waals surface area (Å²) in [6.07, 6.45) is -0.0931. The first-order valence-electron chi connectivity index (χ1n) is 5.82. The van der Waals surface area contributed by atoms with Gasteiger partial charge in [0.2, 0.25) is 0 Å². The van der Waals surface area contributed by atoms with Crippen molar-refractivity contribution < 1.29 is 19.1 Å². The van der Waals surface area contributed by atoms with Crippen molar-refractivity contribution in [2.75, 3.05) is 26.8 Å². The van der Waals surface area contributed by atoms with Gasteiger partial charge in [-0.3, -0.25) is 9.59 Å². The maximum atomic E-state index is 12.3. The second-order valence-corrected chi connectivity index (χ2v) is 6.97. The molecule has 7 heteroatoms. The highest BCUT2D eigenvalue weighted by atomic mass is 127. The molecule has 104 valence electrons. The number of methoxy groups -OCH3 is 1. The van der Waals surface area contributed by atoms with E-state index < -0.39 is 0 Å². The molecule has 0 radical (unpaired) electrons. The third-order valence-corrected chi connectivity index (χ3v) is 4.65. The van der Waals surface area contributed by atoms with Gasteiger partial charge in [0.15, 0.2) is 0 Å². The second-order valence-electron chi connectivity index (χ2n) is 4.16. The Morgan fingerprint density at radius 2 is 2.42 bits per heavy atom. The number of morpholine rings is 1. The van der Waals surface area contributed by atoms with Gasteiger partial charge in [0, 0.05) is 18.5 Å². The zero-order valence-corrected chi connectivity index (χ0v) is 13.4. The quantitative estimate of drug-likeness (QED) is 0.578. The first-order valence-corrected chi connectivity index (χ1v) is 7.77. The lowest BCUT2D eigenvalue weighted by molar-refractivity contribution is -0.145. The van der Waals surface area contributed by atoms with Crippen molar-refractivity contribution in [1.29, 1.82) is 0 Å². The van der Waals surface area contributed by atoms with E-state index in [0.717, 1.165) is 2.88 Å². The predicted octanol–water partition coefficient (Wildman–Crippen LogP) is 1.76. The molecule has 1 amide bonds. The molecule has 1 unspecified atom stereocenters. The minimum atomic E-state index is -0.315. The van der Waals surface area contributed by atoms with Crippen molar-refractivity contribution in [2.24, 2.45) is 0 Å². The molecule has 0 bridgehead atoms. The molecule has 2 rings (SSSR count). The smallest absolute Gasteiger partial charge is 0.308 e. The summed E-state index contributed by atoms with van der Waals surface area (Å²) < 4.78 is 11.2. The molecule has 1 aliphatic rings. The zero-order chi connectivity index (χ0) is 13.8. The summed E-state index contributed by atoms with van der Waals surface area (Å²) in [5.74, 6) is -0.318. The molecule has 0 spiro atoms. The molecule has 1 aliphatic heterocycles. The van der Waals surface area contributed by atoms with Crippen LogP contribution in [0.5, 0.6) is 0 Å². The lowest BCUT2D eigenvalue weighted by Crippen LogP contribution is -2.46. The Bertz CT molecular complexity index is 476. The molecule has 0 N–H and O–H groups in total. The van der Waals surface area contributed by atoms with Gasteiger partial charge in [-0.2, -0.15) is 0 Å². The molecule has 1 fully saturated rings. The van der Waals surface area contributed by atoms with Crippen LogP contribution in [0.4, 0.5) is 0 Å². The van der Waals surface area contributed by atoms with E-state index >= 15 is 0 Å². The van der Waals surface area contributed by atoms with Crippen LogP contribution in [0.2, 0.25) is 0 Å². The highest BCUT2D eigenvalue weighted by Crippen LogP contribution is 2.19. The Kier molecular flexibility index (Phi) is 5.17. The van der Waals surface area contributed by atoms with Gasteiger partial charge in [-0.1, -0.05) is 0 Å². The van der Waals surface area contributed by atoms with Crippen molar-refractivity contribution in [1.82, 2.24) is 4.90 Å². The number of carbonyl (C=O) groups is 2. The first kappa shape index (κ1) is 14.7. The van der Waals surface area contributed by atoms with Gasteiger partial charge in [0.25, 0.3) is 5.91 Å². The van der Waals surface area contributed by atoms with Crippen LogP contribution < -0.4 is 0 Å². The topological polar surface area (TPSA) is 55.8 Å². The van der Waals surface area contributed by atoms with Gasteiger partial charge in [-0.05, 0) is 28.7 Å². The zero-order valence-electron chi connectivity index (χ0n) is 10.4.